The minimum absolute atomic E-state index is 0.0691. The van der Waals surface area contributed by atoms with Gasteiger partial charge in [0.1, 0.15) is 0 Å². The molecule has 0 aromatic heterocycles. The van der Waals surface area contributed by atoms with Crippen LogP contribution >= 0.6 is 0 Å². The Bertz CT molecular complexity index is 734. The maximum Gasteiger partial charge on any atom is 0.312 e. The third-order valence-electron chi connectivity index (χ3n) is 4.91. The minimum Gasteiger partial charge on any atom is -0.487 e. The Hall–Kier alpha value is -1.71. The Labute approximate surface area is 140 Å². The summed E-state index contributed by atoms with van der Waals surface area (Å²) in [6.07, 6.45) is 4.19. The second-order valence-electron chi connectivity index (χ2n) is 6.68. The zero-order valence-electron chi connectivity index (χ0n) is 13.1. The molecule has 0 radical (unpaired) electrons. The molecule has 8 nitrogen and oxygen atoms in total. The number of nitrogens with two attached hydrogens (primary N) is 1. The maximum absolute atomic E-state index is 11.3. The number of nitrogens with zero attached hydrogens (tertiary/aromatic N) is 1. The second kappa shape index (κ2) is 6.30. The van der Waals surface area contributed by atoms with Crippen molar-refractivity contribution in [2.24, 2.45) is 16.5 Å². The summed E-state index contributed by atoms with van der Waals surface area (Å²) in [5.41, 5.74) is -0.0409. The molecular formula is C15H20N2O6S. The zero-order chi connectivity index (χ0) is 17.4. The molecule has 1 saturated carbocycles. The molecule has 0 bridgehead atoms. The van der Waals surface area contributed by atoms with E-state index in [1.54, 1.807) is 0 Å². The molecule has 2 fully saturated rings. The Kier molecular flexibility index (Phi) is 4.50. The highest BCUT2D eigenvalue weighted by Gasteiger charge is 2.41. The van der Waals surface area contributed by atoms with Gasteiger partial charge >= 0.3 is 5.69 Å². The van der Waals surface area contributed by atoms with E-state index < -0.39 is 14.9 Å². The van der Waals surface area contributed by atoms with Gasteiger partial charge in [-0.2, -0.15) is 0 Å². The zero-order valence-corrected chi connectivity index (χ0v) is 14.0. The second-order valence-corrected chi connectivity index (χ2v) is 8.24. The highest BCUT2D eigenvalue weighted by atomic mass is 32.2. The van der Waals surface area contributed by atoms with Crippen LogP contribution in [0.4, 0.5) is 5.69 Å². The van der Waals surface area contributed by atoms with Crippen molar-refractivity contribution in [2.45, 2.75) is 30.6 Å². The first-order chi connectivity index (χ1) is 11.3. The van der Waals surface area contributed by atoms with E-state index in [9.17, 15) is 18.5 Å². The van der Waals surface area contributed by atoms with E-state index in [1.165, 1.54) is 12.1 Å². The molecular weight excluding hydrogens is 336 g/mol. The quantitative estimate of drug-likeness (QED) is 0.634. The molecule has 1 aliphatic heterocycles. The molecule has 1 aromatic carbocycles. The van der Waals surface area contributed by atoms with Crippen LogP contribution in [0.3, 0.4) is 0 Å². The number of primary sulfonamides is 1. The number of nitro benzene ring substituents is 1. The number of sulfonamides is 1. The van der Waals surface area contributed by atoms with E-state index in [0.29, 0.717) is 17.9 Å². The van der Waals surface area contributed by atoms with Gasteiger partial charge in [-0.25, -0.2) is 13.6 Å². The van der Waals surface area contributed by atoms with Gasteiger partial charge in [0.2, 0.25) is 10.0 Å². The number of hydrogen-bond donors (Lipinski definition) is 1. The Morgan fingerprint density at radius 2 is 2.00 bits per heavy atom. The van der Waals surface area contributed by atoms with E-state index in [2.05, 4.69) is 0 Å². The van der Waals surface area contributed by atoms with Crippen molar-refractivity contribution < 1.29 is 22.8 Å². The van der Waals surface area contributed by atoms with Crippen LogP contribution in [0.15, 0.2) is 23.1 Å². The molecule has 24 heavy (non-hydrogen) atoms. The van der Waals surface area contributed by atoms with Gasteiger partial charge < -0.3 is 9.47 Å². The number of nitro groups is 1. The lowest BCUT2D eigenvalue weighted by Gasteiger charge is -2.46. The van der Waals surface area contributed by atoms with Crippen LogP contribution < -0.4 is 9.88 Å². The molecule has 1 aromatic rings. The molecule has 0 amide bonds. The molecule has 1 saturated heterocycles. The lowest BCUT2D eigenvalue weighted by atomic mass is 9.69. The van der Waals surface area contributed by atoms with Crippen molar-refractivity contribution in [3.63, 3.8) is 0 Å². The first-order valence-electron chi connectivity index (χ1n) is 7.81. The van der Waals surface area contributed by atoms with Crippen molar-refractivity contribution in [3.05, 3.63) is 28.3 Å². The summed E-state index contributed by atoms with van der Waals surface area (Å²) in [6.45, 7) is 2.05. The van der Waals surface area contributed by atoms with Crippen LogP contribution in [0.1, 0.15) is 25.7 Å². The van der Waals surface area contributed by atoms with E-state index >= 15 is 0 Å². The molecule has 2 N–H and O–H groups in total. The normalized spacial score (nSPS) is 20.5. The Morgan fingerprint density at radius 1 is 1.33 bits per heavy atom. The fourth-order valence-electron chi connectivity index (χ4n) is 3.28. The van der Waals surface area contributed by atoms with Gasteiger partial charge in [-0.1, -0.05) is 0 Å². The van der Waals surface area contributed by atoms with Gasteiger partial charge in [0, 0.05) is 11.5 Å². The Balaban J connectivity index is 1.65. The van der Waals surface area contributed by atoms with Crippen LogP contribution in [-0.4, -0.2) is 33.2 Å². The number of rotatable bonds is 5. The van der Waals surface area contributed by atoms with Crippen molar-refractivity contribution >= 4 is 15.7 Å². The van der Waals surface area contributed by atoms with Crippen molar-refractivity contribution in [1.29, 1.82) is 0 Å². The summed E-state index contributed by atoms with van der Waals surface area (Å²) in [4.78, 5) is 10.2. The smallest absolute Gasteiger partial charge is 0.312 e. The van der Waals surface area contributed by atoms with E-state index in [-0.39, 0.29) is 16.3 Å². The van der Waals surface area contributed by atoms with Crippen LogP contribution in [0.25, 0.3) is 0 Å². The molecule has 9 heteroatoms. The Morgan fingerprint density at radius 3 is 2.50 bits per heavy atom. The lowest BCUT2D eigenvalue weighted by molar-refractivity contribution is -0.386. The summed E-state index contributed by atoms with van der Waals surface area (Å²) >= 11 is 0. The third-order valence-corrected chi connectivity index (χ3v) is 5.82. The number of hydrogen-bond acceptors (Lipinski definition) is 6. The number of ether oxygens (including phenoxy) is 2. The fraction of sp³-hybridized carbons (Fsp3) is 0.600. The summed E-state index contributed by atoms with van der Waals surface area (Å²) in [6, 6.07) is 3.45. The van der Waals surface area contributed by atoms with E-state index in [0.717, 1.165) is 45.0 Å². The topological polar surface area (TPSA) is 122 Å². The highest BCUT2D eigenvalue weighted by molar-refractivity contribution is 7.89. The van der Waals surface area contributed by atoms with Crippen molar-refractivity contribution in [1.82, 2.24) is 0 Å². The maximum atomic E-state index is 11.3. The largest absolute Gasteiger partial charge is 0.487 e. The summed E-state index contributed by atoms with van der Waals surface area (Å²) in [5.74, 6) is 0.411. The summed E-state index contributed by atoms with van der Waals surface area (Å²) in [5, 5.41) is 16.2. The van der Waals surface area contributed by atoms with Gasteiger partial charge in [0.05, 0.1) is 29.6 Å². The minimum atomic E-state index is -3.99. The first-order valence-corrected chi connectivity index (χ1v) is 9.36. The molecule has 2 aliphatic rings. The first kappa shape index (κ1) is 17.1. The molecule has 1 spiro atoms. The molecule has 1 aliphatic carbocycles. The predicted molar refractivity (Wildman–Crippen MR) is 85.2 cm³/mol. The highest BCUT2D eigenvalue weighted by Crippen LogP contribution is 2.44. The van der Waals surface area contributed by atoms with Gasteiger partial charge in [-0.3, -0.25) is 10.1 Å². The average Bonchev–Trinajstić information content (AvgIpc) is 2.50. The molecule has 132 valence electrons. The monoisotopic (exact) mass is 356 g/mol. The average molecular weight is 356 g/mol. The summed E-state index contributed by atoms with van der Waals surface area (Å²) in [7, 11) is -3.99. The van der Waals surface area contributed by atoms with Crippen molar-refractivity contribution in [3.8, 4) is 5.75 Å². The third kappa shape index (κ3) is 3.52. The van der Waals surface area contributed by atoms with Gasteiger partial charge in [-0.05, 0) is 43.7 Å². The van der Waals surface area contributed by atoms with Gasteiger partial charge in [-0.15, -0.1) is 0 Å². The van der Waals surface area contributed by atoms with E-state index in [1.807, 2.05) is 0 Å². The molecule has 0 atom stereocenters. The molecule has 0 unspecified atom stereocenters. The van der Waals surface area contributed by atoms with Crippen LogP contribution in [0.2, 0.25) is 0 Å². The lowest BCUT2D eigenvalue weighted by Crippen LogP contribution is -2.45. The van der Waals surface area contributed by atoms with Crippen molar-refractivity contribution in [2.75, 3.05) is 19.8 Å². The van der Waals surface area contributed by atoms with Crippen LogP contribution in [0.5, 0.6) is 5.75 Å². The molecule has 1 heterocycles. The predicted octanol–water partition coefficient (Wildman–Crippen LogP) is 1.83. The van der Waals surface area contributed by atoms with Gasteiger partial charge in [0.15, 0.2) is 5.75 Å². The molecule has 3 rings (SSSR count). The SMILES string of the molecule is NS(=O)(=O)c1ccc(OCC2CCC3(CC2)COC3)c([N+](=O)[O-])c1. The number of benzene rings is 1. The van der Waals surface area contributed by atoms with Crippen LogP contribution in [-0.2, 0) is 14.8 Å². The fourth-order valence-corrected chi connectivity index (χ4v) is 3.82. The summed E-state index contributed by atoms with van der Waals surface area (Å²) < 4.78 is 33.6. The standard InChI is InChI=1S/C15H20N2O6S/c16-24(20,21)12-1-2-14(13(7-12)17(18)19)23-8-11-3-5-15(6-4-11)9-22-10-15/h1-2,7,11H,3-6,8-10H2,(H2,16,20,21). The van der Waals surface area contributed by atoms with E-state index in [4.69, 9.17) is 14.6 Å². The van der Waals surface area contributed by atoms with Gasteiger partial charge in [0.25, 0.3) is 0 Å². The van der Waals surface area contributed by atoms with Crippen LogP contribution in [0, 0.1) is 21.4 Å².